The number of rotatable bonds is 7. The van der Waals surface area contributed by atoms with Gasteiger partial charge in [0.2, 0.25) is 0 Å². The number of nitrogen functional groups attached to an aromatic ring is 1. The molecule has 0 radical (unpaired) electrons. The maximum absolute atomic E-state index is 13.7. The van der Waals surface area contributed by atoms with Crippen LogP contribution in [0.3, 0.4) is 0 Å². The summed E-state index contributed by atoms with van der Waals surface area (Å²) in [6.07, 6.45) is -5.52. The second-order valence-corrected chi connectivity index (χ2v) is 9.55. The third-order valence-electron chi connectivity index (χ3n) is 5.04. The zero-order chi connectivity index (χ0) is 28.5. The van der Waals surface area contributed by atoms with Gasteiger partial charge in [0.1, 0.15) is 11.5 Å². The molecule has 0 aromatic heterocycles. The first kappa shape index (κ1) is 29.8. The van der Waals surface area contributed by atoms with Crippen LogP contribution in [0.5, 0.6) is 17.2 Å². The Balaban J connectivity index is 2.79. The van der Waals surface area contributed by atoms with E-state index in [-0.39, 0.29) is 27.8 Å². The van der Waals surface area contributed by atoms with E-state index in [0.717, 1.165) is 12.1 Å². The molecule has 1 unspecified atom stereocenters. The molecular weight excluding hydrogens is 542 g/mol. The number of ether oxygens (including phenoxy) is 2. The number of anilines is 3. The maximum Gasteiger partial charge on any atom is 0.471 e. The number of amides is 2. The molecule has 37 heavy (non-hydrogen) atoms. The van der Waals surface area contributed by atoms with E-state index in [4.69, 9.17) is 38.4 Å². The van der Waals surface area contributed by atoms with Crippen LogP contribution in [0.4, 0.5) is 30.2 Å². The predicted molar refractivity (Wildman–Crippen MR) is 133 cm³/mol. The minimum Gasteiger partial charge on any atom is -0.505 e. The van der Waals surface area contributed by atoms with Crippen LogP contribution in [-0.4, -0.2) is 49.1 Å². The van der Waals surface area contributed by atoms with Crippen molar-refractivity contribution in [2.24, 2.45) is 5.41 Å². The molecule has 2 aromatic carbocycles. The van der Waals surface area contributed by atoms with Crippen LogP contribution in [0.15, 0.2) is 24.3 Å². The quantitative estimate of drug-likeness (QED) is 0.324. The SMILES string of the molecule is COc1cc(NC(=O)C(C(=O)C(C)(C)C)N(C(=O)C(F)(F)F)c2cc(Cl)c(O)c(Cl)c2)c(OC)cc1N. The Morgan fingerprint density at radius 2 is 1.51 bits per heavy atom. The summed E-state index contributed by atoms with van der Waals surface area (Å²) < 4.78 is 51.5. The van der Waals surface area contributed by atoms with Crippen molar-refractivity contribution in [3.8, 4) is 17.2 Å². The highest BCUT2D eigenvalue weighted by Crippen LogP contribution is 2.39. The van der Waals surface area contributed by atoms with Gasteiger partial charge in [0.25, 0.3) is 5.91 Å². The number of benzene rings is 2. The zero-order valence-corrected chi connectivity index (χ0v) is 21.8. The summed E-state index contributed by atoms with van der Waals surface area (Å²) in [6, 6.07) is 1.70. The molecule has 0 bridgehead atoms. The largest absolute Gasteiger partial charge is 0.505 e. The minimum absolute atomic E-state index is 0.00183. The van der Waals surface area contributed by atoms with E-state index in [9.17, 15) is 32.7 Å². The zero-order valence-electron chi connectivity index (χ0n) is 20.3. The number of hydrogen-bond acceptors (Lipinski definition) is 7. The average molecular weight is 566 g/mol. The van der Waals surface area contributed by atoms with Crippen molar-refractivity contribution in [1.82, 2.24) is 0 Å². The molecular formula is C23H24Cl2F3N3O6. The highest BCUT2D eigenvalue weighted by Gasteiger charge is 2.51. The van der Waals surface area contributed by atoms with Gasteiger partial charge >= 0.3 is 12.1 Å². The number of methoxy groups -OCH3 is 2. The van der Waals surface area contributed by atoms with E-state index in [1.807, 2.05) is 0 Å². The molecule has 202 valence electrons. The highest BCUT2D eigenvalue weighted by molar-refractivity contribution is 6.37. The molecule has 2 amide bonds. The van der Waals surface area contributed by atoms with E-state index in [1.165, 1.54) is 47.1 Å². The van der Waals surface area contributed by atoms with Gasteiger partial charge in [-0.2, -0.15) is 13.2 Å². The summed E-state index contributed by atoms with van der Waals surface area (Å²) in [5, 5.41) is 11.1. The lowest BCUT2D eigenvalue weighted by atomic mass is 9.85. The highest BCUT2D eigenvalue weighted by atomic mass is 35.5. The van der Waals surface area contributed by atoms with Crippen molar-refractivity contribution in [3.63, 3.8) is 0 Å². The average Bonchev–Trinajstić information content (AvgIpc) is 2.79. The lowest BCUT2D eigenvalue weighted by Gasteiger charge is -2.34. The summed E-state index contributed by atoms with van der Waals surface area (Å²) >= 11 is 11.7. The summed E-state index contributed by atoms with van der Waals surface area (Å²) in [4.78, 5) is 39.5. The van der Waals surface area contributed by atoms with Crippen molar-refractivity contribution in [1.29, 1.82) is 0 Å². The molecule has 0 aliphatic rings. The number of carbonyl (C=O) groups is 3. The molecule has 1 atom stereocenters. The molecule has 14 heteroatoms. The van der Waals surface area contributed by atoms with Crippen LogP contribution in [0.2, 0.25) is 10.0 Å². The number of nitrogens with one attached hydrogen (secondary N) is 1. The van der Waals surface area contributed by atoms with E-state index in [2.05, 4.69) is 5.32 Å². The first-order chi connectivity index (χ1) is 16.9. The van der Waals surface area contributed by atoms with Gasteiger partial charge in [0.15, 0.2) is 17.6 Å². The molecule has 2 aromatic rings. The van der Waals surface area contributed by atoms with Gasteiger partial charge in [0.05, 0.1) is 35.6 Å². The number of phenolic OH excluding ortho intramolecular Hbond substituents is 1. The number of carbonyl (C=O) groups excluding carboxylic acids is 3. The molecule has 0 saturated carbocycles. The van der Waals surface area contributed by atoms with Crippen molar-refractivity contribution >= 4 is 57.9 Å². The number of ketones is 1. The van der Waals surface area contributed by atoms with E-state index in [1.54, 1.807) is 0 Å². The summed E-state index contributed by atoms with van der Waals surface area (Å²) in [7, 11) is 2.53. The Labute approximate surface area is 220 Å². The van der Waals surface area contributed by atoms with Crippen LogP contribution < -0.4 is 25.4 Å². The fourth-order valence-corrected chi connectivity index (χ4v) is 3.67. The number of phenols is 1. The molecule has 0 fully saturated rings. The Bertz CT molecular complexity index is 1210. The summed E-state index contributed by atoms with van der Waals surface area (Å²) in [5.74, 6) is -5.50. The summed E-state index contributed by atoms with van der Waals surface area (Å²) in [5.41, 5.74) is 3.79. The van der Waals surface area contributed by atoms with Crippen molar-refractivity contribution in [3.05, 3.63) is 34.3 Å². The standard InChI is InChI=1S/C23H24Cl2F3N3O6/c1-22(2,3)19(33)17(20(34)30-14-9-15(36-4)13(29)8-16(14)37-5)31(21(35)23(26,27)28)10-6-11(24)18(32)12(25)7-10/h6-9,17,32H,29H2,1-5H3,(H,30,34). The summed E-state index contributed by atoms with van der Waals surface area (Å²) in [6.45, 7) is 4.07. The van der Waals surface area contributed by atoms with E-state index in [0.29, 0.717) is 0 Å². The number of Topliss-reactive ketones (excluding diaryl/α,β-unsaturated/α-hetero) is 1. The lowest BCUT2D eigenvalue weighted by Crippen LogP contribution is -2.58. The van der Waals surface area contributed by atoms with Gasteiger partial charge in [-0.15, -0.1) is 0 Å². The molecule has 0 saturated heterocycles. The first-order valence-corrected chi connectivity index (χ1v) is 11.1. The number of alkyl halides is 3. The third-order valence-corrected chi connectivity index (χ3v) is 5.62. The predicted octanol–water partition coefficient (Wildman–Crippen LogP) is 4.82. The Morgan fingerprint density at radius 3 is 1.95 bits per heavy atom. The number of nitrogens with zero attached hydrogens (tertiary/aromatic N) is 1. The molecule has 0 aliphatic carbocycles. The number of aromatic hydroxyl groups is 1. The van der Waals surface area contributed by atoms with Crippen LogP contribution in [0, 0.1) is 5.41 Å². The van der Waals surface area contributed by atoms with Gasteiger partial charge in [-0.05, 0) is 12.1 Å². The fraction of sp³-hybridized carbons (Fsp3) is 0.348. The molecule has 0 heterocycles. The van der Waals surface area contributed by atoms with E-state index >= 15 is 0 Å². The van der Waals surface area contributed by atoms with Gasteiger partial charge < -0.3 is 25.6 Å². The molecule has 0 spiro atoms. The molecule has 9 nitrogen and oxygen atoms in total. The lowest BCUT2D eigenvalue weighted by molar-refractivity contribution is -0.171. The van der Waals surface area contributed by atoms with Crippen molar-refractivity contribution < 1.29 is 42.1 Å². The minimum atomic E-state index is -5.52. The Kier molecular flexibility index (Phi) is 8.82. The molecule has 2 rings (SSSR count). The Hall–Kier alpha value is -3.38. The molecule has 4 N–H and O–H groups in total. The van der Waals surface area contributed by atoms with Crippen LogP contribution in [0.1, 0.15) is 20.8 Å². The monoisotopic (exact) mass is 565 g/mol. The van der Waals surface area contributed by atoms with Gasteiger partial charge in [-0.3, -0.25) is 19.3 Å². The van der Waals surface area contributed by atoms with Gasteiger partial charge in [-0.25, -0.2) is 0 Å². The van der Waals surface area contributed by atoms with Crippen LogP contribution >= 0.6 is 23.2 Å². The fourth-order valence-electron chi connectivity index (χ4n) is 3.20. The van der Waals surface area contributed by atoms with Crippen LogP contribution in [-0.2, 0) is 14.4 Å². The van der Waals surface area contributed by atoms with Crippen molar-refractivity contribution in [2.45, 2.75) is 33.0 Å². The Morgan fingerprint density at radius 1 is 1.00 bits per heavy atom. The smallest absolute Gasteiger partial charge is 0.471 e. The topological polar surface area (TPSA) is 131 Å². The van der Waals surface area contributed by atoms with Crippen molar-refractivity contribution in [2.75, 3.05) is 30.2 Å². The molecule has 0 aliphatic heterocycles. The third kappa shape index (κ3) is 6.50. The second-order valence-electron chi connectivity index (χ2n) is 8.73. The number of nitrogens with two attached hydrogens (primary N) is 1. The van der Waals surface area contributed by atoms with Gasteiger partial charge in [-0.1, -0.05) is 44.0 Å². The number of hydrogen-bond donors (Lipinski definition) is 3. The maximum atomic E-state index is 13.7. The van der Waals surface area contributed by atoms with Gasteiger partial charge in [0, 0.05) is 23.2 Å². The number of halogens is 5. The van der Waals surface area contributed by atoms with Crippen LogP contribution in [0.25, 0.3) is 0 Å². The normalized spacial score (nSPS) is 12.5. The first-order valence-electron chi connectivity index (χ1n) is 10.4. The second kappa shape index (κ2) is 10.9. The van der Waals surface area contributed by atoms with E-state index < -0.39 is 56.7 Å².